The predicted octanol–water partition coefficient (Wildman–Crippen LogP) is 3.07. The molecule has 1 atom stereocenters. The first-order valence-electron chi connectivity index (χ1n) is 7.49. The molecular weight excluding hydrogens is 302 g/mol. The van der Waals surface area contributed by atoms with Crippen molar-refractivity contribution in [2.75, 3.05) is 7.11 Å². The van der Waals surface area contributed by atoms with E-state index in [2.05, 4.69) is 10.5 Å². The largest absolute Gasteiger partial charge is 0.496 e. The number of hydrazone groups is 1. The number of ether oxygens (including phenoxy) is 1. The molecule has 0 saturated carbocycles. The number of nitrogens with one attached hydrogen (secondary N) is 1. The number of amides is 1. The summed E-state index contributed by atoms with van der Waals surface area (Å²) >= 11 is 0. The number of nitrogens with zero attached hydrogens (tertiary/aromatic N) is 2. The van der Waals surface area contributed by atoms with E-state index in [1.807, 2.05) is 38.1 Å². The third-order valence-electron chi connectivity index (χ3n) is 3.69. The fourth-order valence-corrected chi connectivity index (χ4v) is 2.33. The van der Waals surface area contributed by atoms with Gasteiger partial charge in [0.25, 0.3) is 5.91 Å². The van der Waals surface area contributed by atoms with E-state index < -0.39 is 11.8 Å². The molecule has 0 aliphatic carbocycles. The molecule has 0 bridgehead atoms. The summed E-state index contributed by atoms with van der Waals surface area (Å²) in [5.74, 6) is -0.535. The van der Waals surface area contributed by atoms with Crippen LogP contribution in [0.3, 0.4) is 0 Å². The zero-order valence-electron chi connectivity index (χ0n) is 13.9. The molecule has 0 aromatic heterocycles. The Morgan fingerprint density at radius 3 is 2.58 bits per heavy atom. The maximum Gasteiger partial charge on any atom is 0.261 e. The van der Waals surface area contributed by atoms with Gasteiger partial charge in [-0.15, -0.1) is 0 Å². The summed E-state index contributed by atoms with van der Waals surface area (Å²) in [6.07, 6.45) is 1.57. The molecule has 2 aromatic rings. The first-order chi connectivity index (χ1) is 11.6. The maximum absolute atomic E-state index is 12.1. The molecule has 0 aliphatic rings. The monoisotopic (exact) mass is 321 g/mol. The highest BCUT2D eigenvalue weighted by Gasteiger charge is 2.19. The van der Waals surface area contributed by atoms with Crippen LogP contribution in [-0.2, 0) is 4.79 Å². The molecule has 5 heteroatoms. The Hall–Kier alpha value is -3.13. The normalized spacial score (nSPS) is 11.8. The Labute approximate surface area is 141 Å². The van der Waals surface area contributed by atoms with Crippen LogP contribution in [0, 0.1) is 25.2 Å². The molecule has 0 unspecified atom stereocenters. The SMILES string of the molecule is COc1cc(C)c(/C=N\NC(=O)[C@H](C#N)c2ccccc2)cc1C. The quantitative estimate of drug-likeness (QED) is 0.679. The van der Waals surface area contributed by atoms with Crippen LogP contribution in [0.2, 0.25) is 0 Å². The van der Waals surface area contributed by atoms with Crippen LogP contribution in [0.4, 0.5) is 0 Å². The van der Waals surface area contributed by atoms with Gasteiger partial charge in [0.2, 0.25) is 0 Å². The number of methoxy groups -OCH3 is 1. The zero-order chi connectivity index (χ0) is 17.5. The van der Waals surface area contributed by atoms with E-state index in [1.54, 1.807) is 37.6 Å². The Morgan fingerprint density at radius 2 is 1.96 bits per heavy atom. The summed E-state index contributed by atoms with van der Waals surface area (Å²) in [7, 11) is 1.63. The second-order valence-electron chi connectivity index (χ2n) is 5.39. The third-order valence-corrected chi connectivity index (χ3v) is 3.69. The molecular formula is C19H19N3O2. The lowest BCUT2D eigenvalue weighted by Gasteiger charge is -2.09. The van der Waals surface area contributed by atoms with E-state index in [4.69, 9.17) is 4.74 Å². The molecule has 0 spiro atoms. The van der Waals surface area contributed by atoms with Gasteiger partial charge < -0.3 is 4.74 Å². The third kappa shape index (κ3) is 3.99. The molecule has 5 nitrogen and oxygen atoms in total. The Balaban J connectivity index is 2.10. The van der Waals surface area contributed by atoms with E-state index in [0.29, 0.717) is 5.56 Å². The van der Waals surface area contributed by atoms with Crippen molar-refractivity contribution in [2.24, 2.45) is 5.10 Å². The lowest BCUT2D eigenvalue weighted by Crippen LogP contribution is -2.24. The van der Waals surface area contributed by atoms with Crippen LogP contribution in [0.25, 0.3) is 0 Å². The summed E-state index contributed by atoms with van der Waals surface area (Å²) in [6.45, 7) is 3.88. The van der Waals surface area contributed by atoms with Crippen LogP contribution in [0.5, 0.6) is 5.75 Å². The number of aryl methyl sites for hydroxylation is 2. The van der Waals surface area contributed by atoms with Crippen molar-refractivity contribution in [2.45, 2.75) is 19.8 Å². The summed E-state index contributed by atoms with van der Waals surface area (Å²) in [6, 6.07) is 14.8. The molecule has 24 heavy (non-hydrogen) atoms. The van der Waals surface area contributed by atoms with Gasteiger partial charge in [-0.3, -0.25) is 4.79 Å². The molecule has 0 radical (unpaired) electrons. The summed E-state index contributed by atoms with van der Waals surface area (Å²) in [5.41, 5.74) is 5.92. The van der Waals surface area contributed by atoms with Crippen molar-refractivity contribution in [3.05, 3.63) is 64.7 Å². The van der Waals surface area contributed by atoms with Crippen molar-refractivity contribution in [1.29, 1.82) is 5.26 Å². The van der Waals surface area contributed by atoms with Gasteiger partial charge in [0.05, 0.1) is 19.4 Å². The lowest BCUT2D eigenvalue weighted by molar-refractivity contribution is -0.121. The van der Waals surface area contributed by atoms with E-state index in [-0.39, 0.29) is 0 Å². The van der Waals surface area contributed by atoms with Crippen molar-refractivity contribution in [1.82, 2.24) is 5.43 Å². The summed E-state index contributed by atoms with van der Waals surface area (Å²) in [5, 5.41) is 13.2. The second kappa shape index (κ2) is 7.93. The van der Waals surface area contributed by atoms with Gasteiger partial charge in [0.15, 0.2) is 5.92 Å². The van der Waals surface area contributed by atoms with E-state index >= 15 is 0 Å². The molecule has 1 N–H and O–H groups in total. The minimum absolute atomic E-state index is 0.456. The summed E-state index contributed by atoms with van der Waals surface area (Å²) < 4.78 is 5.27. The van der Waals surface area contributed by atoms with Gasteiger partial charge in [-0.2, -0.15) is 10.4 Å². The minimum Gasteiger partial charge on any atom is -0.496 e. The van der Waals surface area contributed by atoms with Crippen LogP contribution in [-0.4, -0.2) is 19.2 Å². The van der Waals surface area contributed by atoms with Crippen LogP contribution >= 0.6 is 0 Å². The standard InChI is InChI=1S/C19H19N3O2/c1-13-10-18(24-3)14(2)9-16(13)12-21-22-19(23)17(11-20)15-7-5-4-6-8-15/h4-10,12,17H,1-3H3,(H,22,23)/b21-12-/t17-/m1/s1. The lowest BCUT2D eigenvalue weighted by atomic mass is 10.0. The average Bonchev–Trinajstić information content (AvgIpc) is 2.59. The van der Waals surface area contributed by atoms with Gasteiger partial charge >= 0.3 is 0 Å². The van der Waals surface area contributed by atoms with Gasteiger partial charge in [-0.1, -0.05) is 30.3 Å². The van der Waals surface area contributed by atoms with Crippen LogP contribution in [0.1, 0.15) is 28.2 Å². The van der Waals surface area contributed by atoms with Gasteiger partial charge in [0, 0.05) is 0 Å². The highest BCUT2D eigenvalue weighted by molar-refractivity contribution is 5.88. The van der Waals surface area contributed by atoms with E-state index in [1.165, 1.54) is 0 Å². The molecule has 0 saturated heterocycles. The van der Waals surface area contributed by atoms with Crippen LogP contribution < -0.4 is 10.2 Å². The topological polar surface area (TPSA) is 74.5 Å². The number of benzene rings is 2. The first kappa shape index (κ1) is 17.2. The number of nitriles is 1. The molecule has 0 aliphatic heterocycles. The van der Waals surface area contributed by atoms with Crippen molar-refractivity contribution in [3.63, 3.8) is 0 Å². The fraction of sp³-hybridized carbons (Fsp3) is 0.211. The summed E-state index contributed by atoms with van der Waals surface area (Å²) in [4.78, 5) is 12.1. The highest BCUT2D eigenvalue weighted by atomic mass is 16.5. The van der Waals surface area contributed by atoms with Crippen molar-refractivity contribution < 1.29 is 9.53 Å². The van der Waals surface area contributed by atoms with E-state index in [9.17, 15) is 10.1 Å². The maximum atomic E-state index is 12.1. The van der Waals surface area contributed by atoms with Gasteiger partial charge in [0.1, 0.15) is 5.75 Å². The second-order valence-corrected chi connectivity index (χ2v) is 5.39. The Bertz CT molecular complexity index is 792. The molecule has 0 fully saturated rings. The smallest absolute Gasteiger partial charge is 0.261 e. The number of hydrogen-bond donors (Lipinski definition) is 1. The molecule has 0 heterocycles. The number of carbonyl (C=O) groups excluding carboxylic acids is 1. The van der Waals surface area contributed by atoms with E-state index in [0.717, 1.165) is 22.4 Å². The average molecular weight is 321 g/mol. The van der Waals surface area contributed by atoms with Crippen molar-refractivity contribution in [3.8, 4) is 11.8 Å². The Morgan fingerprint density at radius 1 is 1.25 bits per heavy atom. The number of rotatable bonds is 5. The fourth-order valence-electron chi connectivity index (χ4n) is 2.33. The van der Waals surface area contributed by atoms with Gasteiger partial charge in [-0.05, 0) is 48.2 Å². The molecule has 122 valence electrons. The van der Waals surface area contributed by atoms with Gasteiger partial charge in [-0.25, -0.2) is 5.43 Å². The molecule has 1 amide bonds. The Kier molecular flexibility index (Phi) is 5.69. The predicted molar refractivity (Wildman–Crippen MR) is 93.0 cm³/mol. The molecule has 2 rings (SSSR count). The zero-order valence-corrected chi connectivity index (χ0v) is 13.9. The minimum atomic E-state index is -0.887. The first-order valence-corrected chi connectivity index (χ1v) is 7.49. The van der Waals surface area contributed by atoms with Crippen LogP contribution in [0.15, 0.2) is 47.6 Å². The number of carbonyl (C=O) groups is 1. The number of hydrogen-bond acceptors (Lipinski definition) is 4. The molecule has 2 aromatic carbocycles. The van der Waals surface area contributed by atoms with Crippen molar-refractivity contribution >= 4 is 12.1 Å². The highest BCUT2D eigenvalue weighted by Crippen LogP contribution is 2.21.